The van der Waals surface area contributed by atoms with Crippen LogP contribution in [-0.2, 0) is 0 Å². The first-order valence-corrected chi connectivity index (χ1v) is 8.15. The van der Waals surface area contributed by atoms with Crippen molar-refractivity contribution in [1.82, 2.24) is 14.9 Å². The van der Waals surface area contributed by atoms with Gasteiger partial charge < -0.3 is 9.88 Å². The third kappa shape index (κ3) is 1.78. The van der Waals surface area contributed by atoms with Crippen LogP contribution in [0.2, 0.25) is 0 Å². The smallest absolute Gasteiger partial charge is 0.256 e. The van der Waals surface area contributed by atoms with Crippen molar-refractivity contribution in [2.75, 3.05) is 6.54 Å². The van der Waals surface area contributed by atoms with E-state index < -0.39 is 0 Å². The highest BCUT2D eigenvalue weighted by Gasteiger charge is 2.40. The minimum Gasteiger partial charge on any atom is -0.345 e. The van der Waals surface area contributed by atoms with Crippen molar-refractivity contribution in [1.29, 1.82) is 0 Å². The van der Waals surface area contributed by atoms with Crippen LogP contribution in [0.5, 0.6) is 0 Å². The zero-order valence-corrected chi connectivity index (χ0v) is 12.7. The lowest BCUT2D eigenvalue weighted by Gasteiger charge is -2.46. The third-order valence-electron chi connectivity index (χ3n) is 5.32. The number of pyridine rings is 1. The molecule has 114 valence electrons. The summed E-state index contributed by atoms with van der Waals surface area (Å²) in [6.45, 7) is 0.827. The molecule has 4 nitrogen and oxygen atoms in total. The van der Waals surface area contributed by atoms with Crippen molar-refractivity contribution in [3.63, 3.8) is 0 Å². The summed E-state index contributed by atoms with van der Waals surface area (Å²) in [5, 5.41) is 0.909. The number of benzene rings is 1. The second kappa shape index (κ2) is 4.69. The fraction of sp³-hybridized carbons (Fsp3) is 0.263. The topological polar surface area (TPSA) is 49.0 Å². The normalized spacial score (nSPS) is 22.3. The Morgan fingerprint density at radius 1 is 1.13 bits per heavy atom. The molecule has 2 aliphatic heterocycles. The van der Waals surface area contributed by atoms with Gasteiger partial charge >= 0.3 is 0 Å². The van der Waals surface area contributed by atoms with Crippen LogP contribution in [0.15, 0.2) is 48.8 Å². The van der Waals surface area contributed by atoms with Gasteiger partial charge in [-0.1, -0.05) is 24.3 Å². The maximum absolute atomic E-state index is 13.2. The standard InChI is InChI=1S/C19H17N3O/c23-19(16-10-21-18-15(16)6-3-9-20-18)22-11-12-7-8-17(22)14-5-2-1-4-13(12)14/h1-6,9-10,12,17H,7-8,11H2,(H,20,21)/t12-,17-/m0/s1. The van der Waals surface area contributed by atoms with Gasteiger partial charge in [0.1, 0.15) is 5.65 Å². The van der Waals surface area contributed by atoms with Crippen LogP contribution in [0.4, 0.5) is 0 Å². The molecule has 4 heteroatoms. The summed E-state index contributed by atoms with van der Waals surface area (Å²) in [5.41, 5.74) is 4.28. The van der Waals surface area contributed by atoms with Gasteiger partial charge in [-0.25, -0.2) is 4.98 Å². The number of H-pyrrole nitrogens is 1. The summed E-state index contributed by atoms with van der Waals surface area (Å²) in [7, 11) is 0. The van der Waals surface area contributed by atoms with Crippen LogP contribution in [0.1, 0.15) is 46.3 Å². The molecule has 0 radical (unpaired) electrons. The number of aromatic amines is 1. The SMILES string of the molecule is O=C(c1c[nH]c2ncccc12)N1C[C@@H]2CC[C@H]1c1ccccc12. The molecule has 1 saturated heterocycles. The summed E-state index contributed by atoms with van der Waals surface area (Å²) < 4.78 is 0. The van der Waals surface area contributed by atoms with Gasteiger partial charge in [0, 0.05) is 30.2 Å². The molecule has 2 atom stereocenters. The Hall–Kier alpha value is -2.62. The van der Waals surface area contributed by atoms with Crippen molar-refractivity contribution in [3.05, 3.63) is 65.5 Å². The summed E-state index contributed by atoms with van der Waals surface area (Å²) >= 11 is 0. The molecule has 1 aliphatic carbocycles. The van der Waals surface area contributed by atoms with E-state index in [1.165, 1.54) is 17.5 Å². The van der Waals surface area contributed by atoms with E-state index in [1.807, 2.05) is 12.1 Å². The molecule has 6 rings (SSSR count). The number of amides is 1. The minimum atomic E-state index is 0.119. The molecule has 0 saturated carbocycles. The number of hydrogen-bond acceptors (Lipinski definition) is 2. The van der Waals surface area contributed by atoms with E-state index in [0.717, 1.165) is 29.6 Å². The molecule has 23 heavy (non-hydrogen) atoms. The van der Waals surface area contributed by atoms with Crippen molar-refractivity contribution in [2.45, 2.75) is 24.8 Å². The van der Waals surface area contributed by atoms with Gasteiger partial charge in [0.05, 0.1) is 11.6 Å². The maximum atomic E-state index is 13.2. The van der Waals surface area contributed by atoms with Crippen LogP contribution in [0, 0.1) is 0 Å². The van der Waals surface area contributed by atoms with Crippen molar-refractivity contribution in [2.24, 2.45) is 0 Å². The Morgan fingerprint density at radius 3 is 2.91 bits per heavy atom. The Balaban J connectivity index is 1.57. The molecule has 1 amide bonds. The highest BCUT2D eigenvalue weighted by atomic mass is 16.2. The third-order valence-corrected chi connectivity index (χ3v) is 5.32. The second-order valence-corrected chi connectivity index (χ2v) is 6.48. The predicted octanol–water partition coefficient (Wildman–Crippen LogP) is 3.64. The van der Waals surface area contributed by atoms with Gasteiger partial charge in [0.15, 0.2) is 0 Å². The number of piperidine rings is 1. The number of aromatic nitrogens is 2. The quantitative estimate of drug-likeness (QED) is 0.746. The molecule has 4 heterocycles. The van der Waals surface area contributed by atoms with E-state index in [2.05, 4.69) is 39.1 Å². The number of fused-ring (bicyclic) bond motifs is 3. The summed E-state index contributed by atoms with van der Waals surface area (Å²) in [4.78, 5) is 22.6. The zero-order chi connectivity index (χ0) is 15.4. The lowest BCUT2D eigenvalue weighted by molar-refractivity contribution is 0.0543. The molecular weight excluding hydrogens is 286 g/mol. The number of hydrogen-bond donors (Lipinski definition) is 1. The Bertz CT molecular complexity index is 914. The Morgan fingerprint density at radius 2 is 2.00 bits per heavy atom. The van der Waals surface area contributed by atoms with E-state index in [1.54, 1.807) is 12.4 Å². The number of carbonyl (C=O) groups is 1. The molecule has 0 unspecified atom stereocenters. The predicted molar refractivity (Wildman–Crippen MR) is 88.3 cm³/mol. The van der Waals surface area contributed by atoms with Crippen molar-refractivity contribution in [3.8, 4) is 0 Å². The first-order chi connectivity index (χ1) is 11.3. The summed E-state index contributed by atoms with van der Waals surface area (Å²) in [5.74, 6) is 0.594. The van der Waals surface area contributed by atoms with Crippen LogP contribution in [-0.4, -0.2) is 27.3 Å². The number of nitrogens with one attached hydrogen (secondary N) is 1. The summed E-state index contributed by atoms with van der Waals surface area (Å²) in [6, 6.07) is 12.7. The molecule has 1 fully saturated rings. The van der Waals surface area contributed by atoms with Gasteiger partial charge in [0.25, 0.3) is 5.91 Å². The first-order valence-electron chi connectivity index (χ1n) is 8.15. The highest BCUT2D eigenvalue weighted by molar-refractivity contribution is 6.06. The lowest BCUT2D eigenvalue weighted by Crippen LogP contribution is -2.45. The molecular formula is C19H17N3O. The van der Waals surface area contributed by atoms with E-state index in [9.17, 15) is 4.79 Å². The van der Waals surface area contributed by atoms with Crippen LogP contribution < -0.4 is 0 Å². The first kappa shape index (κ1) is 12.9. The highest BCUT2D eigenvalue weighted by Crippen LogP contribution is 2.47. The molecule has 0 spiro atoms. The Kier molecular flexibility index (Phi) is 2.62. The minimum absolute atomic E-state index is 0.119. The van der Waals surface area contributed by atoms with E-state index in [-0.39, 0.29) is 11.9 Å². The van der Waals surface area contributed by atoms with Crippen molar-refractivity contribution >= 4 is 16.9 Å². The molecule has 2 bridgehead atoms. The maximum Gasteiger partial charge on any atom is 0.256 e. The zero-order valence-electron chi connectivity index (χ0n) is 12.7. The van der Waals surface area contributed by atoms with Crippen molar-refractivity contribution < 1.29 is 4.79 Å². The van der Waals surface area contributed by atoms with E-state index in [0.29, 0.717) is 5.92 Å². The van der Waals surface area contributed by atoms with Gasteiger partial charge in [-0.3, -0.25) is 4.79 Å². The largest absolute Gasteiger partial charge is 0.345 e. The Labute approximate surface area is 134 Å². The monoisotopic (exact) mass is 303 g/mol. The van der Waals surface area contributed by atoms with Crippen LogP contribution in [0.25, 0.3) is 11.0 Å². The van der Waals surface area contributed by atoms with Gasteiger partial charge in [-0.05, 0) is 36.1 Å². The second-order valence-electron chi connectivity index (χ2n) is 6.48. The van der Waals surface area contributed by atoms with E-state index >= 15 is 0 Å². The lowest BCUT2D eigenvalue weighted by atomic mass is 9.75. The fourth-order valence-electron chi connectivity index (χ4n) is 4.25. The fourth-order valence-corrected chi connectivity index (χ4v) is 4.25. The average molecular weight is 303 g/mol. The molecule has 3 aromatic rings. The summed E-state index contributed by atoms with van der Waals surface area (Å²) in [6.07, 6.45) is 5.79. The number of rotatable bonds is 1. The molecule has 2 aromatic heterocycles. The molecule has 1 N–H and O–H groups in total. The average Bonchev–Trinajstić information content (AvgIpc) is 3.06. The van der Waals surface area contributed by atoms with E-state index in [4.69, 9.17) is 0 Å². The van der Waals surface area contributed by atoms with Gasteiger partial charge in [0.2, 0.25) is 0 Å². The number of nitrogens with zero attached hydrogens (tertiary/aromatic N) is 2. The van der Waals surface area contributed by atoms with Gasteiger partial charge in [-0.15, -0.1) is 0 Å². The molecule has 3 aliphatic rings. The van der Waals surface area contributed by atoms with Gasteiger partial charge in [-0.2, -0.15) is 0 Å². The van der Waals surface area contributed by atoms with Crippen LogP contribution >= 0.6 is 0 Å². The number of carbonyl (C=O) groups excluding carboxylic acids is 1. The molecule has 1 aromatic carbocycles. The van der Waals surface area contributed by atoms with Crippen LogP contribution in [0.3, 0.4) is 0 Å².